The van der Waals surface area contributed by atoms with Gasteiger partial charge in [0, 0.05) is 55.0 Å². The van der Waals surface area contributed by atoms with Crippen LogP contribution in [0, 0.1) is 11.8 Å². The van der Waals surface area contributed by atoms with Gasteiger partial charge in [0.25, 0.3) is 0 Å². The molecule has 0 saturated carbocycles. The predicted molar refractivity (Wildman–Crippen MR) is 117 cm³/mol. The van der Waals surface area contributed by atoms with Crippen molar-refractivity contribution in [3.05, 3.63) is 28.2 Å². The van der Waals surface area contributed by atoms with Gasteiger partial charge >= 0.3 is 0 Å². The molecular weight excluding hydrogens is 411 g/mol. The van der Waals surface area contributed by atoms with E-state index < -0.39 is 0 Å². The SMILES string of the molecule is C[C@@H]1C[C@H](C)CN(C(=O)CN2CCN(CC(=O)Nc3cc(Cl)cc(Cl)c3)CC2)C1. The Morgan fingerprint density at radius 2 is 1.45 bits per heavy atom. The minimum atomic E-state index is -0.0934. The highest BCUT2D eigenvalue weighted by molar-refractivity contribution is 6.35. The molecule has 1 aromatic carbocycles. The molecule has 3 rings (SSSR count). The molecule has 0 unspecified atom stereocenters. The van der Waals surface area contributed by atoms with Crippen LogP contribution in [0.5, 0.6) is 0 Å². The maximum absolute atomic E-state index is 12.7. The van der Waals surface area contributed by atoms with Gasteiger partial charge in [-0.1, -0.05) is 37.0 Å². The number of nitrogens with one attached hydrogen (secondary N) is 1. The van der Waals surface area contributed by atoms with E-state index in [9.17, 15) is 9.59 Å². The van der Waals surface area contributed by atoms with E-state index in [1.807, 2.05) is 4.90 Å². The van der Waals surface area contributed by atoms with Crippen molar-refractivity contribution in [2.45, 2.75) is 20.3 Å². The van der Waals surface area contributed by atoms with Crippen molar-refractivity contribution in [3.8, 4) is 0 Å². The molecule has 160 valence electrons. The minimum Gasteiger partial charge on any atom is -0.341 e. The van der Waals surface area contributed by atoms with Crippen molar-refractivity contribution >= 4 is 40.7 Å². The molecule has 0 bridgehead atoms. The molecule has 6 nitrogen and oxygen atoms in total. The van der Waals surface area contributed by atoms with E-state index in [1.165, 1.54) is 6.42 Å². The maximum atomic E-state index is 12.7. The van der Waals surface area contributed by atoms with Crippen LogP contribution in [0.15, 0.2) is 18.2 Å². The van der Waals surface area contributed by atoms with Gasteiger partial charge in [-0.05, 0) is 36.5 Å². The van der Waals surface area contributed by atoms with E-state index in [1.54, 1.807) is 18.2 Å². The second kappa shape index (κ2) is 10.1. The zero-order chi connectivity index (χ0) is 21.0. The minimum absolute atomic E-state index is 0.0934. The number of piperazine rings is 1. The van der Waals surface area contributed by atoms with Crippen LogP contribution < -0.4 is 5.32 Å². The smallest absolute Gasteiger partial charge is 0.238 e. The van der Waals surface area contributed by atoms with Gasteiger partial charge in [0.1, 0.15) is 0 Å². The standard InChI is InChI=1S/C21H30Cl2N4O2/c1-15-7-16(2)12-27(11-15)21(29)14-26-5-3-25(4-6-26)13-20(28)24-19-9-17(22)8-18(23)10-19/h8-10,15-16H,3-7,11-14H2,1-2H3,(H,24,28)/t15-,16+. The maximum Gasteiger partial charge on any atom is 0.238 e. The van der Waals surface area contributed by atoms with Gasteiger partial charge in [0.15, 0.2) is 0 Å². The predicted octanol–water partition coefficient (Wildman–Crippen LogP) is 3.05. The van der Waals surface area contributed by atoms with Gasteiger partial charge in [0.2, 0.25) is 11.8 Å². The van der Waals surface area contributed by atoms with E-state index >= 15 is 0 Å². The van der Waals surface area contributed by atoms with Crippen molar-refractivity contribution in [3.63, 3.8) is 0 Å². The molecule has 29 heavy (non-hydrogen) atoms. The number of carbonyl (C=O) groups is 2. The number of anilines is 1. The molecule has 8 heteroatoms. The summed E-state index contributed by atoms with van der Waals surface area (Å²) in [4.78, 5) is 31.3. The van der Waals surface area contributed by atoms with Crippen LogP contribution in [0.1, 0.15) is 20.3 Å². The van der Waals surface area contributed by atoms with Gasteiger partial charge in [-0.2, -0.15) is 0 Å². The lowest BCUT2D eigenvalue weighted by Gasteiger charge is -2.38. The average molecular weight is 441 g/mol. The molecule has 2 heterocycles. The molecule has 2 saturated heterocycles. The first-order valence-corrected chi connectivity index (χ1v) is 11.0. The highest BCUT2D eigenvalue weighted by atomic mass is 35.5. The molecular formula is C21H30Cl2N4O2. The third kappa shape index (κ3) is 6.85. The van der Waals surface area contributed by atoms with Gasteiger partial charge < -0.3 is 10.2 Å². The summed E-state index contributed by atoms with van der Waals surface area (Å²) in [5, 5.41) is 3.82. The normalized spacial score (nSPS) is 23.8. The summed E-state index contributed by atoms with van der Waals surface area (Å²) in [5.41, 5.74) is 0.599. The fourth-order valence-corrected chi connectivity index (χ4v) is 4.82. The molecule has 0 radical (unpaired) electrons. The summed E-state index contributed by atoms with van der Waals surface area (Å²) in [6.07, 6.45) is 1.20. The number of hydrogen-bond donors (Lipinski definition) is 1. The first-order valence-electron chi connectivity index (χ1n) is 10.3. The number of benzene rings is 1. The summed E-state index contributed by atoms with van der Waals surface area (Å²) in [6.45, 7) is 10.1. The number of piperidine rings is 1. The third-order valence-corrected chi connectivity index (χ3v) is 6.00. The van der Waals surface area contributed by atoms with E-state index in [-0.39, 0.29) is 11.8 Å². The Morgan fingerprint density at radius 3 is 2.00 bits per heavy atom. The van der Waals surface area contributed by atoms with Crippen molar-refractivity contribution < 1.29 is 9.59 Å². The van der Waals surface area contributed by atoms with Gasteiger partial charge in [-0.15, -0.1) is 0 Å². The lowest BCUT2D eigenvalue weighted by atomic mass is 9.92. The molecule has 2 atom stereocenters. The Balaban J connectivity index is 1.41. The van der Waals surface area contributed by atoms with Crippen LogP contribution in [0.25, 0.3) is 0 Å². The second-order valence-electron chi connectivity index (χ2n) is 8.50. The van der Waals surface area contributed by atoms with Crippen molar-refractivity contribution in [1.29, 1.82) is 0 Å². The summed E-state index contributed by atoms with van der Waals surface area (Å²) < 4.78 is 0. The Bertz CT molecular complexity index is 707. The Labute approximate surface area is 183 Å². The van der Waals surface area contributed by atoms with Crippen LogP contribution in [-0.2, 0) is 9.59 Å². The molecule has 1 aromatic rings. The van der Waals surface area contributed by atoms with Crippen molar-refractivity contribution in [2.75, 3.05) is 57.7 Å². The molecule has 2 amide bonds. The summed E-state index contributed by atoms with van der Waals surface area (Å²) >= 11 is 11.9. The fourth-order valence-electron chi connectivity index (χ4n) is 4.29. The van der Waals surface area contributed by atoms with Crippen LogP contribution >= 0.6 is 23.2 Å². The number of likely N-dealkylation sites (tertiary alicyclic amines) is 1. The van der Waals surface area contributed by atoms with Crippen LogP contribution in [0.2, 0.25) is 10.0 Å². The van der Waals surface area contributed by atoms with E-state index in [2.05, 4.69) is 29.0 Å². The molecule has 0 aromatic heterocycles. The fraction of sp³-hybridized carbons (Fsp3) is 0.619. The molecule has 0 aliphatic carbocycles. The molecule has 0 spiro atoms. The second-order valence-corrected chi connectivity index (χ2v) is 9.38. The summed E-state index contributed by atoms with van der Waals surface area (Å²) in [5.74, 6) is 1.29. The first-order chi connectivity index (χ1) is 13.8. The number of nitrogens with zero attached hydrogens (tertiary/aromatic N) is 3. The zero-order valence-corrected chi connectivity index (χ0v) is 18.7. The van der Waals surface area contributed by atoms with Crippen LogP contribution in [0.4, 0.5) is 5.69 Å². The average Bonchev–Trinajstić information content (AvgIpc) is 2.61. The largest absolute Gasteiger partial charge is 0.341 e. The van der Waals surface area contributed by atoms with Gasteiger partial charge in [-0.3, -0.25) is 19.4 Å². The Hall–Kier alpha value is -1.34. The lowest BCUT2D eigenvalue weighted by Crippen LogP contribution is -2.52. The van der Waals surface area contributed by atoms with Crippen LogP contribution in [0.3, 0.4) is 0 Å². The summed E-state index contributed by atoms with van der Waals surface area (Å²) in [7, 11) is 0. The number of halogens is 2. The Morgan fingerprint density at radius 1 is 0.931 bits per heavy atom. The molecule has 2 aliphatic heterocycles. The van der Waals surface area contributed by atoms with Crippen molar-refractivity contribution in [2.24, 2.45) is 11.8 Å². The Kier molecular flexibility index (Phi) is 7.79. The lowest BCUT2D eigenvalue weighted by molar-refractivity contribution is -0.135. The van der Waals surface area contributed by atoms with E-state index in [4.69, 9.17) is 23.2 Å². The number of hydrogen-bond acceptors (Lipinski definition) is 4. The number of amides is 2. The zero-order valence-electron chi connectivity index (χ0n) is 17.2. The molecule has 2 fully saturated rings. The van der Waals surface area contributed by atoms with Crippen LogP contribution in [-0.4, -0.2) is 78.9 Å². The monoisotopic (exact) mass is 440 g/mol. The first kappa shape index (κ1) is 22.3. The number of carbonyl (C=O) groups excluding carboxylic acids is 2. The van der Waals surface area contributed by atoms with E-state index in [0.29, 0.717) is 40.7 Å². The quantitative estimate of drug-likeness (QED) is 0.763. The van der Waals surface area contributed by atoms with Gasteiger partial charge in [0.05, 0.1) is 13.1 Å². The molecule has 1 N–H and O–H groups in total. The molecule has 2 aliphatic rings. The third-order valence-electron chi connectivity index (χ3n) is 5.56. The number of rotatable bonds is 5. The highest BCUT2D eigenvalue weighted by Gasteiger charge is 2.27. The summed E-state index contributed by atoms with van der Waals surface area (Å²) in [6, 6.07) is 4.98. The van der Waals surface area contributed by atoms with E-state index in [0.717, 1.165) is 39.3 Å². The highest BCUT2D eigenvalue weighted by Crippen LogP contribution is 2.23. The topological polar surface area (TPSA) is 55.9 Å². The van der Waals surface area contributed by atoms with Crippen molar-refractivity contribution in [1.82, 2.24) is 14.7 Å². The van der Waals surface area contributed by atoms with Gasteiger partial charge in [-0.25, -0.2) is 0 Å².